The summed E-state index contributed by atoms with van der Waals surface area (Å²) in [7, 11) is -1.24. The molecule has 2 aromatic heterocycles. The third-order valence-electron chi connectivity index (χ3n) is 4.10. The minimum atomic E-state index is -1.24. The van der Waals surface area contributed by atoms with E-state index in [0.717, 1.165) is 5.56 Å². The summed E-state index contributed by atoms with van der Waals surface area (Å²) in [5.41, 5.74) is 2.88. The van der Waals surface area contributed by atoms with Gasteiger partial charge in [-0.3, -0.25) is 0 Å². The van der Waals surface area contributed by atoms with Crippen molar-refractivity contribution in [1.82, 2.24) is 19.3 Å². The number of fused-ring (bicyclic) bond motifs is 1. The maximum absolute atomic E-state index is 13.8. The highest BCUT2D eigenvalue weighted by Gasteiger charge is 2.25. The average molecular weight is 374 g/mol. The van der Waals surface area contributed by atoms with Crippen LogP contribution in [0, 0.1) is 5.82 Å². The lowest BCUT2D eigenvalue weighted by Gasteiger charge is -2.25. The minimum Gasteiger partial charge on any atom is -0.242 e. The van der Waals surface area contributed by atoms with Gasteiger partial charge in [0.15, 0.2) is 5.65 Å². The first kappa shape index (κ1) is 18.7. The van der Waals surface area contributed by atoms with Crippen molar-refractivity contribution in [2.45, 2.75) is 44.9 Å². The molecule has 0 fully saturated rings. The molecule has 2 heterocycles. The molecule has 2 atom stereocenters. The smallest absolute Gasteiger partial charge is 0.153 e. The van der Waals surface area contributed by atoms with E-state index in [2.05, 4.69) is 14.8 Å². The van der Waals surface area contributed by atoms with Crippen molar-refractivity contribution >= 4 is 16.6 Å². The second kappa shape index (κ2) is 7.25. The summed E-state index contributed by atoms with van der Waals surface area (Å²) in [4.78, 5) is 4.30. The number of imidazole rings is 1. The van der Waals surface area contributed by atoms with Crippen LogP contribution in [0.4, 0.5) is 4.39 Å². The molecule has 1 unspecified atom stereocenters. The molecule has 1 aromatic carbocycles. The van der Waals surface area contributed by atoms with Crippen LogP contribution in [0.5, 0.6) is 0 Å². The van der Waals surface area contributed by atoms with Crippen LogP contribution in [-0.4, -0.2) is 23.6 Å². The number of hydrogen-bond acceptors (Lipinski definition) is 3. The Bertz CT molecular complexity index is 948. The fraction of sp³-hybridized carbons (Fsp3) is 0.368. The van der Waals surface area contributed by atoms with E-state index in [1.54, 1.807) is 23.0 Å². The Labute approximate surface area is 155 Å². The van der Waals surface area contributed by atoms with Gasteiger partial charge in [-0.25, -0.2) is 22.8 Å². The maximum atomic E-state index is 13.8. The van der Waals surface area contributed by atoms with Gasteiger partial charge in [0, 0.05) is 29.6 Å². The fourth-order valence-corrected chi connectivity index (χ4v) is 3.57. The van der Waals surface area contributed by atoms with Crippen LogP contribution >= 0.6 is 0 Å². The Morgan fingerprint density at radius 3 is 2.73 bits per heavy atom. The molecule has 0 bridgehead atoms. The minimum absolute atomic E-state index is 0.192. The summed E-state index contributed by atoms with van der Waals surface area (Å²) in [6.45, 7) is 7.79. The fourth-order valence-electron chi connectivity index (χ4n) is 2.67. The van der Waals surface area contributed by atoms with Crippen LogP contribution in [0.3, 0.4) is 0 Å². The molecular weight excluding hydrogens is 351 g/mol. The van der Waals surface area contributed by atoms with Crippen molar-refractivity contribution < 1.29 is 8.60 Å². The van der Waals surface area contributed by atoms with Gasteiger partial charge >= 0.3 is 0 Å². The summed E-state index contributed by atoms with van der Waals surface area (Å²) in [5, 5.41) is 4.63. The quantitative estimate of drug-likeness (QED) is 0.733. The van der Waals surface area contributed by atoms with Gasteiger partial charge in [-0.2, -0.15) is 5.10 Å². The molecule has 138 valence electrons. The molecule has 7 heteroatoms. The van der Waals surface area contributed by atoms with E-state index in [4.69, 9.17) is 0 Å². The van der Waals surface area contributed by atoms with Gasteiger partial charge in [0.2, 0.25) is 0 Å². The Morgan fingerprint density at radius 1 is 1.31 bits per heavy atom. The first-order chi connectivity index (χ1) is 12.3. The van der Waals surface area contributed by atoms with E-state index < -0.39 is 15.7 Å². The largest absolute Gasteiger partial charge is 0.242 e. The highest BCUT2D eigenvalue weighted by atomic mass is 32.2. The number of halogens is 1. The standard InChI is InChI=1S/C19H23FN4OS/c1-5-16(23-26(25)19(2,3)4)15-12-17-21-9-10-24(17)22-18(15)13-7-6-8-14(20)11-13/h6-12,16,23H,5H2,1-4H3/t16-,26?/m1/s1. The predicted octanol–water partition coefficient (Wildman–Crippen LogP) is 4.04. The number of aromatic nitrogens is 3. The van der Waals surface area contributed by atoms with Crippen molar-refractivity contribution in [2.24, 2.45) is 0 Å². The molecule has 0 aliphatic carbocycles. The van der Waals surface area contributed by atoms with E-state index >= 15 is 0 Å². The molecule has 0 aliphatic rings. The molecule has 1 N–H and O–H groups in total. The highest BCUT2D eigenvalue weighted by molar-refractivity contribution is 7.84. The molecule has 0 saturated carbocycles. The molecule has 0 radical (unpaired) electrons. The van der Waals surface area contributed by atoms with E-state index in [0.29, 0.717) is 23.3 Å². The topological polar surface area (TPSA) is 59.3 Å². The van der Waals surface area contributed by atoms with Crippen molar-refractivity contribution in [3.8, 4) is 11.3 Å². The van der Waals surface area contributed by atoms with Gasteiger partial charge in [-0.05, 0) is 45.4 Å². The Morgan fingerprint density at radius 2 is 2.08 bits per heavy atom. The molecule has 3 rings (SSSR count). The lowest BCUT2D eigenvalue weighted by Crippen LogP contribution is -2.35. The first-order valence-electron chi connectivity index (χ1n) is 8.58. The summed E-state index contributed by atoms with van der Waals surface area (Å²) < 4.78 is 30.9. The number of hydrogen-bond donors (Lipinski definition) is 1. The van der Waals surface area contributed by atoms with Crippen molar-refractivity contribution in [1.29, 1.82) is 0 Å². The van der Waals surface area contributed by atoms with Crippen LogP contribution in [0.1, 0.15) is 45.7 Å². The summed E-state index contributed by atoms with van der Waals surface area (Å²) >= 11 is 0. The van der Waals surface area contributed by atoms with Crippen LogP contribution in [-0.2, 0) is 11.0 Å². The zero-order chi connectivity index (χ0) is 18.9. The zero-order valence-electron chi connectivity index (χ0n) is 15.4. The summed E-state index contributed by atoms with van der Waals surface area (Å²) in [6, 6.07) is 8.09. The first-order valence-corrected chi connectivity index (χ1v) is 9.73. The average Bonchev–Trinajstić information content (AvgIpc) is 3.05. The Kier molecular flexibility index (Phi) is 5.20. The molecule has 0 spiro atoms. The monoisotopic (exact) mass is 374 g/mol. The van der Waals surface area contributed by atoms with E-state index in [1.807, 2.05) is 39.8 Å². The van der Waals surface area contributed by atoms with Crippen molar-refractivity contribution in [3.05, 3.63) is 54.1 Å². The number of benzene rings is 1. The van der Waals surface area contributed by atoms with E-state index in [1.165, 1.54) is 12.1 Å². The SMILES string of the molecule is CC[C@@H](NS(=O)C(C)(C)C)c1cc2nccn2nc1-c1cccc(F)c1. The van der Waals surface area contributed by atoms with E-state index in [-0.39, 0.29) is 11.9 Å². The van der Waals surface area contributed by atoms with Gasteiger partial charge in [0.1, 0.15) is 5.82 Å². The van der Waals surface area contributed by atoms with E-state index in [9.17, 15) is 8.60 Å². The number of nitrogens with one attached hydrogen (secondary N) is 1. The molecular formula is C19H23FN4OS. The molecule has 0 aliphatic heterocycles. The Balaban J connectivity index is 2.13. The van der Waals surface area contributed by atoms with Crippen LogP contribution in [0.2, 0.25) is 0 Å². The summed E-state index contributed by atoms with van der Waals surface area (Å²) in [6.07, 6.45) is 4.13. The highest BCUT2D eigenvalue weighted by Crippen LogP contribution is 2.30. The molecule has 0 saturated heterocycles. The van der Waals surface area contributed by atoms with Crippen LogP contribution in [0.25, 0.3) is 16.9 Å². The number of nitrogens with zero attached hydrogens (tertiary/aromatic N) is 3. The third kappa shape index (κ3) is 3.83. The molecule has 26 heavy (non-hydrogen) atoms. The molecule has 5 nitrogen and oxygen atoms in total. The second-order valence-electron chi connectivity index (χ2n) is 7.15. The maximum Gasteiger partial charge on any atom is 0.153 e. The van der Waals surface area contributed by atoms with Crippen LogP contribution < -0.4 is 4.72 Å². The number of rotatable bonds is 5. The lowest BCUT2D eigenvalue weighted by atomic mass is 9.99. The normalized spacial score (nSPS) is 14.5. The zero-order valence-corrected chi connectivity index (χ0v) is 16.2. The van der Waals surface area contributed by atoms with Crippen molar-refractivity contribution in [3.63, 3.8) is 0 Å². The lowest BCUT2D eigenvalue weighted by molar-refractivity contribution is 0.587. The van der Waals surface area contributed by atoms with Gasteiger partial charge in [-0.15, -0.1) is 0 Å². The van der Waals surface area contributed by atoms with Gasteiger partial charge in [-0.1, -0.05) is 19.1 Å². The predicted molar refractivity (Wildman–Crippen MR) is 102 cm³/mol. The molecule has 0 amide bonds. The van der Waals surface area contributed by atoms with Crippen molar-refractivity contribution in [2.75, 3.05) is 0 Å². The third-order valence-corrected chi connectivity index (χ3v) is 5.71. The second-order valence-corrected chi connectivity index (χ2v) is 9.15. The molecule has 3 aromatic rings. The van der Waals surface area contributed by atoms with Gasteiger partial charge in [0.25, 0.3) is 0 Å². The van der Waals surface area contributed by atoms with Gasteiger partial charge < -0.3 is 0 Å². The van der Waals surface area contributed by atoms with Crippen LogP contribution in [0.15, 0.2) is 42.7 Å². The summed E-state index contributed by atoms with van der Waals surface area (Å²) in [5.74, 6) is -0.319. The Hall–Kier alpha value is -2.12. The van der Waals surface area contributed by atoms with Gasteiger partial charge in [0.05, 0.1) is 21.4 Å².